The number of benzene rings is 3. The van der Waals surface area contributed by atoms with Crippen molar-refractivity contribution in [3.05, 3.63) is 108 Å². The zero-order valence-electron chi connectivity index (χ0n) is 18.4. The van der Waals surface area contributed by atoms with Crippen molar-refractivity contribution in [1.82, 2.24) is 14.9 Å². The lowest BCUT2D eigenvalue weighted by atomic mass is 10.1. The second kappa shape index (κ2) is 10.1. The van der Waals surface area contributed by atoms with Crippen LogP contribution in [0.3, 0.4) is 0 Å². The van der Waals surface area contributed by atoms with Crippen LogP contribution in [-0.4, -0.2) is 30.4 Å². The Bertz CT molecular complexity index is 1390. The molecule has 34 heavy (non-hydrogen) atoms. The number of carbonyl (C=O) groups excluding carboxylic acids is 1. The summed E-state index contributed by atoms with van der Waals surface area (Å²) in [6, 6.07) is 20.6. The third-order valence-electron chi connectivity index (χ3n) is 5.38. The molecule has 1 amide bonds. The summed E-state index contributed by atoms with van der Waals surface area (Å²) in [5, 5.41) is 3.26. The van der Waals surface area contributed by atoms with Crippen molar-refractivity contribution in [2.75, 3.05) is 10.8 Å². The van der Waals surface area contributed by atoms with E-state index in [1.807, 2.05) is 35.0 Å². The molecule has 0 bridgehead atoms. The molecule has 7 nitrogen and oxygen atoms in total. The quantitative estimate of drug-likeness (QED) is 0.395. The van der Waals surface area contributed by atoms with Crippen molar-refractivity contribution in [3.8, 4) is 5.69 Å². The van der Waals surface area contributed by atoms with Crippen molar-refractivity contribution in [1.29, 1.82) is 0 Å². The van der Waals surface area contributed by atoms with Crippen LogP contribution in [0.4, 0.5) is 5.69 Å². The first-order valence-corrected chi connectivity index (χ1v) is 12.4. The Morgan fingerprint density at radius 1 is 1.03 bits per heavy atom. The molecule has 1 heterocycles. The summed E-state index contributed by atoms with van der Waals surface area (Å²) in [5.41, 5.74) is 2.66. The lowest BCUT2D eigenvalue weighted by Gasteiger charge is -2.26. The van der Waals surface area contributed by atoms with Gasteiger partial charge in [-0.05, 0) is 48.4 Å². The molecule has 0 saturated heterocycles. The molecule has 3 aromatic carbocycles. The Morgan fingerprint density at radius 2 is 1.76 bits per heavy atom. The maximum atomic E-state index is 13.5. The minimum atomic E-state index is -4.01. The van der Waals surface area contributed by atoms with E-state index in [-0.39, 0.29) is 11.4 Å². The van der Waals surface area contributed by atoms with Crippen LogP contribution in [0.5, 0.6) is 0 Å². The van der Waals surface area contributed by atoms with Crippen LogP contribution < -0.4 is 9.62 Å². The zero-order valence-corrected chi connectivity index (χ0v) is 20.0. The number of hydrogen-bond acceptors (Lipinski definition) is 4. The standard InChI is InChI=1S/C25H23ClN4O3S/c1-19-22(26)11-7-13-23(19)30(34(32,33)21-9-3-2-4-10-21)17-25(31)28-16-20-8-5-6-12-24(20)29-15-14-27-18-29/h2-15,18H,16-17H2,1H3,(H,28,31). The van der Waals surface area contributed by atoms with Gasteiger partial charge in [-0.3, -0.25) is 9.10 Å². The molecule has 0 radical (unpaired) electrons. The highest BCUT2D eigenvalue weighted by Crippen LogP contribution is 2.30. The van der Waals surface area contributed by atoms with E-state index in [1.165, 1.54) is 12.1 Å². The number of rotatable bonds is 8. The van der Waals surface area contributed by atoms with Gasteiger partial charge in [0.05, 0.1) is 22.6 Å². The van der Waals surface area contributed by atoms with E-state index < -0.39 is 22.5 Å². The van der Waals surface area contributed by atoms with Gasteiger partial charge in [-0.2, -0.15) is 0 Å². The first kappa shape index (κ1) is 23.5. The third-order valence-corrected chi connectivity index (χ3v) is 7.56. The topological polar surface area (TPSA) is 84.3 Å². The Balaban J connectivity index is 1.60. The van der Waals surface area contributed by atoms with Crippen LogP contribution in [0, 0.1) is 6.92 Å². The Hall–Kier alpha value is -3.62. The highest BCUT2D eigenvalue weighted by Gasteiger charge is 2.28. The third kappa shape index (κ3) is 4.98. The van der Waals surface area contributed by atoms with E-state index in [2.05, 4.69) is 10.3 Å². The molecule has 0 aliphatic rings. The summed E-state index contributed by atoms with van der Waals surface area (Å²) in [4.78, 5) is 17.2. The first-order chi connectivity index (χ1) is 16.4. The SMILES string of the molecule is Cc1c(Cl)cccc1N(CC(=O)NCc1ccccc1-n1ccnc1)S(=O)(=O)c1ccccc1. The van der Waals surface area contributed by atoms with Gasteiger partial charge >= 0.3 is 0 Å². The number of aromatic nitrogens is 2. The minimum Gasteiger partial charge on any atom is -0.350 e. The van der Waals surface area contributed by atoms with Crippen LogP contribution in [0.25, 0.3) is 5.69 Å². The van der Waals surface area contributed by atoms with Crippen LogP contribution in [0.2, 0.25) is 5.02 Å². The number of halogens is 1. The van der Waals surface area contributed by atoms with E-state index >= 15 is 0 Å². The number of imidazole rings is 1. The smallest absolute Gasteiger partial charge is 0.264 e. The number of sulfonamides is 1. The fraction of sp³-hybridized carbons (Fsp3) is 0.120. The molecule has 1 aromatic heterocycles. The number of amides is 1. The molecule has 0 unspecified atom stereocenters. The largest absolute Gasteiger partial charge is 0.350 e. The zero-order chi connectivity index (χ0) is 24.1. The van der Waals surface area contributed by atoms with Crippen molar-refractivity contribution in [2.24, 2.45) is 0 Å². The first-order valence-electron chi connectivity index (χ1n) is 10.5. The van der Waals surface area contributed by atoms with E-state index in [9.17, 15) is 13.2 Å². The molecule has 9 heteroatoms. The molecule has 174 valence electrons. The number of anilines is 1. The van der Waals surface area contributed by atoms with Crippen molar-refractivity contribution in [2.45, 2.75) is 18.4 Å². The van der Waals surface area contributed by atoms with Crippen LogP contribution >= 0.6 is 11.6 Å². The van der Waals surface area contributed by atoms with Gasteiger partial charge in [0.25, 0.3) is 10.0 Å². The summed E-state index contributed by atoms with van der Waals surface area (Å²) in [5.74, 6) is -0.445. The van der Waals surface area contributed by atoms with Crippen molar-refractivity contribution in [3.63, 3.8) is 0 Å². The van der Waals surface area contributed by atoms with Crippen molar-refractivity contribution >= 4 is 33.2 Å². The van der Waals surface area contributed by atoms with Crippen LogP contribution in [-0.2, 0) is 21.4 Å². The molecule has 0 aliphatic heterocycles. The van der Waals surface area contributed by atoms with Gasteiger partial charge in [0.15, 0.2) is 0 Å². The van der Waals surface area contributed by atoms with Crippen molar-refractivity contribution < 1.29 is 13.2 Å². The molecule has 0 fully saturated rings. The number of carbonyl (C=O) groups is 1. The Morgan fingerprint density at radius 3 is 2.50 bits per heavy atom. The second-order valence-corrected chi connectivity index (χ2v) is 9.85. The fourth-order valence-corrected chi connectivity index (χ4v) is 5.25. The van der Waals surface area contributed by atoms with Gasteiger partial charge < -0.3 is 9.88 Å². The van der Waals surface area contributed by atoms with E-state index in [4.69, 9.17) is 11.6 Å². The summed E-state index contributed by atoms with van der Waals surface area (Å²) in [6.45, 7) is 1.55. The van der Waals surface area contributed by atoms with Gasteiger partial charge in [-0.1, -0.05) is 54.1 Å². The molecule has 1 N–H and O–H groups in total. The van der Waals surface area contributed by atoms with E-state index in [0.29, 0.717) is 16.3 Å². The van der Waals surface area contributed by atoms with Gasteiger partial charge in [0, 0.05) is 24.0 Å². The van der Waals surface area contributed by atoms with E-state index in [1.54, 1.807) is 55.8 Å². The lowest BCUT2D eigenvalue weighted by Crippen LogP contribution is -2.41. The predicted molar refractivity (Wildman–Crippen MR) is 133 cm³/mol. The number of para-hydroxylation sites is 1. The number of nitrogens with one attached hydrogen (secondary N) is 1. The normalized spacial score (nSPS) is 11.2. The van der Waals surface area contributed by atoms with Gasteiger partial charge in [0.1, 0.15) is 6.54 Å². The minimum absolute atomic E-state index is 0.0904. The highest BCUT2D eigenvalue weighted by atomic mass is 35.5. The van der Waals surface area contributed by atoms with E-state index in [0.717, 1.165) is 15.6 Å². The summed E-state index contributed by atoms with van der Waals surface area (Å²) in [7, 11) is -4.01. The number of hydrogen-bond donors (Lipinski definition) is 1. The molecule has 4 aromatic rings. The summed E-state index contributed by atoms with van der Waals surface area (Å²) in [6.07, 6.45) is 5.17. The maximum Gasteiger partial charge on any atom is 0.264 e. The fourth-order valence-electron chi connectivity index (χ4n) is 3.58. The van der Waals surface area contributed by atoms with Gasteiger partial charge in [-0.15, -0.1) is 0 Å². The Kier molecular flexibility index (Phi) is 7.00. The van der Waals surface area contributed by atoms with Gasteiger partial charge in [0.2, 0.25) is 5.91 Å². The summed E-state index contributed by atoms with van der Waals surface area (Å²) < 4.78 is 30.0. The van der Waals surface area contributed by atoms with Crippen LogP contribution in [0.1, 0.15) is 11.1 Å². The highest BCUT2D eigenvalue weighted by molar-refractivity contribution is 7.92. The molecular weight excluding hydrogens is 472 g/mol. The average Bonchev–Trinajstić information content (AvgIpc) is 3.39. The molecule has 0 atom stereocenters. The Labute approximate surface area is 203 Å². The van der Waals surface area contributed by atoms with Crippen LogP contribution in [0.15, 0.2) is 96.4 Å². The molecule has 0 aliphatic carbocycles. The average molecular weight is 495 g/mol. The van der Waals surface area contributed by atoms with Gasteiger partial charge in [-0.25, -0.2) is 13.4 Å². The molecule has 0 spiro atoms. The lowest BCUT2D eigenvalue weighted by molar-refractivity contribution is -0.119. The molecule has 0 saturated carbocycles. The molecular formula is C25H23ClN4O3S. The maximum absolute atomic E-state index is 13.5. The summed E-state index contributed by atoms with van der Waals surface area (Å²) >= 11 is 6.27. The second-order valence-electron chi connectivity index (χ2n) is 7.58. The number of nitrogens with zero attached hydrogens (tertiary/aromatic N) is 3. The predicted octanol–water partition coefficient (Wildman–Crippen LogP) is 4.35. The monoisotopic (exact) mass is 494 g/mol. The molecule has 4 rings (SSSR count).